The zero-order valence-corrected chi connectivity index (χ0v) is 8.93. The molecule has 0 unspecified atom stereocenters. The lowest BCUT2D eigenvalue weighted by Crippen LogP contribution is -2.13. The number of alkyl halides is 4. The third-order valence-electron chi connectivity index (χ3n) is 1.96. The minimum atomic E-state index is -4.83. The van der Waals surface area contributed by atoms with Gasteiger partial charge >= 0.3 is 6.18 Å². The van der Waals surface area contributed by atoms with Crippen LogP contribution in [-0.4, -0.2) is 16.8 Å². The Morgan fingerprint density at radius 3 is 2.47 bits per heavy atom. The van der Waals surface area contributed by atoms with Crippen LogP contribution >= 0.6 is 11.6 Å². The number of nitrogens with zero attached hydrogens (tertiary/aromatic N) is 1. The molecule has 1 aromatic carbocycles. The van der Waals surface area contributed by atoms with Crippen LogP contribution in [0.4, 0.5) is 13.2 Å². The van der Waals surface area contributed by atoms with Gasteiger partial charge in [0.2, 0.25) is 0 Å². The molecular weight excluding hydrogens is 259 g/mol. The van der Waals surface area contributed by atoms with Crippen molar-refractivity contribution in [3.63, 3.8) is 0 Å². The minimum Gasteiger partial charge on any atom is -0.508 e. The Balaban J connectivity index is 3.59. The topological polar surface area (TPSA) is 61.1 Å². The second-order valence-corrected chi connectivity index (χ2v) is 3.35. The van der Waals surface area contributed by atoms with E-state index in [2.05, 4.69) is 0 Å². The van der Waals surface area contributed by atoms with Gasteiger partial charge in [-0.1, -0.05) is 0 Å². The average molecular weight is 264 g/mol. The Hall–Kier alpha value is -1.74. The molecule has 90 valence electrons. The number of Topliss-reactive ketones (excluding diaryl/α,β-unsaturated/α-hetero) is 1. The summed E-state index contributed by atoms with van der Waals surface area (Å²) in [4.78, 5) is 11.3. The fraction of sp³-hybridized carbons (Fsp3) is 0.200. The van der Waals surface area contributed by atoms with Crippen LogP contribution in [0.15, 0.2) is 12.1 Å². The van der Waals surface area contributed by atoms with Gasteiger partial charge in [0.15, 0.2) is 5.78 Å². The molecule has 17 heavy (non-hydrogen) atoms. The Kier molecular flexibility index (Phi) is 3.63. The molecule has 1 rings (SSSR count). The molecule has 0 radical (unpaired) electrons. The van der Waals surface area contributed by atoms with Crippen LogP contribution in [0.2, 0.25) is 0 Å². The highest BCUT2D eigenvalue weighted by Gasteiger charge is 2.36. The van der Waals surface area contributed by atoms with E-state index in [-0.39, 0.29) is 0 Å². The maximum atomic E-state index is 12.6. The van der Waals surface area contributed by atoms with E-state index in [1.54, 1.807) is 0 Å². The van der Waals surface area contributed by atoms with E-state index in [1.165, 1.54) is 6.07 Å². The molecule has 1 aromatic rings. The highest BCUT2D eigenvalue weighted by molar-refractivity contribution is 6.30. The number of phenols is 1. The van der Waals surface area contributed by atoms with E-state index in [0.29, 0.717) is 6.07 Å². The van der Waals surface area contributed by atoms with Gasteiger partial charge in [0.1, 0.15) is 11.8 Å². The summed E-state index contributed by atoms with van der Waals surface area (Å²) in [5, 5.41) is 17.8. The number of phenolic OH excluding ortho intramolecular Hbond substituents is 1. The van der Waals surface area contributed by atoms with E-state index in [9.17, 15) is 18.0 Å². The van der Waals surface area contributed by atoms with Crippen LogP contribution in [0.1, 0.15) is 21.5 Å². The zero-order chi connectivity index (χ0) is 13.2. The average Bonchev–Trinajstić information content (AvgIpc) is 2.25. The van der Waals surface area contributed by atoms with E-state index < -0.39 is 40.3 Å². The van der Waals surface area contributed by atoms with Gasteiger partial charge in [-0.25, -0.2) is 0 Å². The molecule has 3 nitrogen and oxygen atoms in total. The van der Waals surface area contributed by atoms with Gasteiger partial charge in [0.25, 0.3) is 0 Å². The van der Waals surface area contributed by atoms with Crippen molar-refractivity contribution >= 4 is 17.4 Å². The van der Waals surface area contributed by atoms with Gasteiger partial charge in [-0.05, 0) is 12.1 Å². The summed E-state index contributed by atoms with van der Waals surface area (Å²) in [6.45, 7) is 0. The van der Waals surface area contributed by atoms with E-state index >= 15 is 0 Å². The van der Waals surface area contributed by atoms with Crippen LogP contribution in [0, 0.1) is 11.3 Å². The number of carbonyl (C=O) groups excluding carboxylic acids is 1. The number of rotatable bonds is 2. The lowest BCUT2D eigenvalue weighted by molar-refractivity contribution is -0.137. The molecule has 0 aliphatic heterocycles. The Morgan fingerprint density at radius 2 is 2.06 bits per heavy atom. The van der Waals surface area contributed by atoms with Crippen molar-refractivity contribution in [2.75, 3.05) is 5.88 Å². The van der Waals surface area contributed by atoms with Crippen molar-refractivity contribution in [3.8, 4) is 11.8 Å². The van der Waals surface area contributed by atoms with Crippen LogP contribution in [0.3, 0.4) is 0 Å². The van der Waals surface area contributed by atoms with Gasteiger partial charge in [0.05, 0.1) is 17.0 Å². The SMILES string of the molecule is N#Cc1c(C(=O)CCl)cc(O)cc1C(F)(F)F. The predicted molar refractivity (Wildman–Crippen MR) is 52.9 cm³/mol. The summed E-state index contributed by atoms with van der Waals surface area (Å²) in [6.07, 6.45) is -4.83. The first kappa shape index (κ1) is 13.3. The summed E-state index contributed by atoms with van der Waals surface area (Å²) in [6, 6.07) is 2.49. The van der Waals surface area contributed by atoms with Crippen molar-refractivity contribution in [1.82, 2.24) is 0 Å². The van der Waals surface area contributed by atoms with Crippen molar-refractivity contribution in [1.29, 1.82) is 5.26 Å². The largest absolute Gasteiger partial charge is 0.508 e. The highest BCUT2D eigenvalue weighted by Crippen LogP contribution is 2.35. The molecule has 0 bridgehead atoms. The fourth-order valence-corrected chi connectivity index (χ4v) is 1.41. The lowest BCUT2D eigenvalue weighted by atomic mass is 9.98. The first-order valence-corrected chi connectivity index (χ1v) is 4.78. The molecule has 0 aliphatic rings. The van der Waals surface area contributed by atoms with Gasteiger partial charge in [0, 0.05) is 5.56 Å². The first-order chi connectivity index (χ1) is 7.81. The first-order valence-electron chi connectivity index (χ1n) is 4.24. The van der Waals surface area contributed by atoms with Gasteiger partial charge in [-0.15, -0.1) is 11.6 Å². The van der Waals surface area contributed by atoms with Crippen LogP contribution in [0.25, 0.3) is 0 Å². The number of carbonyl (C=O) groups is 1. The minimum absolute atomic E-state index is 0.392. The number of aromatic hydroxyl groups is 1. The molecular formula is C10H5ClF3NO2. The summed E-state index contributed by atoms with van der Waals surface area (Å²) < 4.78 is 37.7. The van der Waals surface area contributed by atoms with Crippen LogP contribution < -0.4 is 0 Å². The third-order valence-corrected chi connectivity index (χ3v) is 2.20. The fourth-order valence-electron chi connectivity index (χ4n) is 1.26. The normalized spacial score (nSPS) is 11.0. The molecule has 0 saturated heterocycles. The van der Waals surface area contributed by atoms with Gasteiger partial charge < -0.3 is 5.11 Å². The van der Waals surface area contributed by atoms with Gasteiger partial charge in [-0.3, -0.25) is 4.79 Å². The smallest absolute Gasteiger partial charge is 0.417 e. The Labute approximate surface area is 99.0 Å². The van der Waals surface area contributed by atoms with E-state index in [1.807, 2.05) is 0 Å². The summed E-state index contributed by atoms with van der Waals surface area (Å²) in [5.74, 6) is -2.18. The summed E-state index contributed by atoms with van der Waals surface area (Å²) in [5.41, 5.74) is -2.72. The standard InChI is InChI=1S/C10H5ClF3NO2/c11-3-9(17)6-1-5(16)2-8(7(6)4-15)10(12,13)14/h1-2,16H,3H2. The molecule has 7 heteroatoms. The number of benzene rings is 1. The molecule has 0 spiro atoms. The van der Waals surface area contributed by atoms with Crippen molar-refractivity contribution in [3.05, 3.63) is 28.8 Å². The Morgan fingerprint density at radius 1 is 1.47 bits per heavy atom. The number of nitriles is 1. The number of halogens is 4. The molecule has 0 aliphatic carbocycles. The summed E-state index contributed by atoms with van der Waals surface area (Å²) in [7, 11) is 0. The predicted octanol–water partition coefficient (Wildman–Crippen LogP) is 2.70. The molecule has 1 N–H and O–H groups in total. The molecule has 0 aromatic heterocycles. The van der Waals surface area contributed by atoms with Gasteiger partial charge in [-0.2, -0.15) is 18.4 Å². The molecule has 0 fully saturated rings. The van der Waals surface area contributed by atoms with Crippen LogP contribution in [-0.2, 0) is 6.18 Å². The summed E-state index contributed by atoms with van der Waals surface area (Å²) >= 11 is 5.21. The van der Waals surface area contributed by atoms with Crippen molar-refractivity contribution in [2.24, 2.45) is 0 Å². The van der Waals surface area contributed by atoms with E-state index in [0.717, 1.165) is 6.07 Å². The molecule has 0 atom stereocenters. The van der Waals surface area contributed by atoms with Crippen molar-refractivity contribution < 1.29 is 23.1 Å². The molecule has 0 amide bonds. The van der Waals surface area contributed by atoms with E-state index in [4.69, 9.17) is 22.0 Å². The number of ketones is 1. The lowest BCUT2D eigenvalue weighted by Gasteiger charge is -2.11. The number of hydrogen-bond acceptors (Lipinski definition) is 3. The maximum absolute atomic E-state index is 12.6. The van der Waals surface area contributed by atoms with Crippen LogP contribution in [0.5, 0.6) is 5.75 Å². The number of hydrogen-bond donors (Lipinski definition) is 1. The Bertz CT molecular complexity index is 505. The highest BCUT2D eigenvalue weighted by atomic mass is 35.5. The second-order valence-electron chi connectivity index (χ2n) is 3.08. The third kappa shape index (κ3) is 2.68. The molecule has 0 saturated carbocycles. The van der Waals surface area contributed by atoms with Crippen molar-refractivity contribution in [2.45, 2.75) is 6.18 Å². The maximum Gasteiger partial charge on any atom is 0.417 e. The second kappa shape index (κ2) is 4.63. The molecule has 0 heterocycles. The monoisotopic (exact) mass is 263 g/mol. The quantitative estimate of drug-likeness (QED) is 0.659. The zero-order valence-electron chi connectivity index (χ0n) is 8.18.